The molecule has 0 saturated carbocycles. The van der Waals surface area contributed by atoms with Crippen LogP contribution in [0, 0.1) is 0 Å². The van der Waals surface area contributed by atoms with Crippen LogP contribution in [0.4, 0.5) is 5.69 Å². The second-order valence-electron chi connectivity index (χ2n) is 4.81. The van der Waals surface area contributed by atoms with Gasteiger partial charge in [0.25, 0.3) is 5.91 Å². The Balaban J connectivity index is 2.45. The SMILES string of the molecule is CCCn1ncc(N)c1C(=O)NCCCN(CC)CC. The van der Waals surface area contributed by atoms with E-state index in [1.54, 1.807) is 10.9 Å². The minimum Gasteiger partial charge on any atom is -0.396 e. The van der Waals surface area contributed by atoms with Crippen LogP contribution in [0.5, 0.6) is 0 Å². The van der Waals surface area contributed by atoms with Crippen LogP contribution in [0.3, 0.4) is 0 Å². The van der Waals surface area contributed by atoms with Crippen LogP contribution in [-0.4, -0.2) is 46.8 Å². The minimum absolute atomic E-state index is 0.131. The van der Waals surface area contributed by atoms with E-state index in [9.17, 15) is 4.79 Å². The van der Waals surface area contributed by atoms with Crippen molar-refractivity contribution < 1.29 is 4.79 Å². The lowest BCUT2D eigenvalue weighted by atomic mass is 10.3. The quantitative estimate of drug-likeness (QED) is 0.670. The Morgan fingerprint density at radius 1 is 1.40 bits per heavy atom. The first-order valence-electron chi connectivity index (χ1n) is 7.45. The molecule has 0 bridgehead atoms. The molecule has 1 rings (SSSR count). The Morgan fingerprint density at radius 2 is 2.10 bits per heavy atom. The average molecular weight is 281 g/mol. The lowest BCUT2D eigenvalue weighted by molar-refractivity contribution is 0.0942. The number of carbonyl (C=O) groups is 1. The number of anilines is 1. The summed E-state index contributed by atoms with van der Waals surface area (Å²) in [5.74, 6) is -0.131. The number of hydrogen-bond acceptors (Lipinski definition) is 4. The largest absolute Gasteiger partial charge is 0.396 e. The number of nitrogens with one attached hydrogen (secondary N) is 1. The van der Waals surface area contributed by atoms with Gasteiger partial charge in [0.15, 0.2) is 0 Å². The minimum atomic E-state index is -0.131. The molecular weight excluding hydrogens is 254 g/mol. The Labute approximate surface area is 121 Å². The third-order valence-corrected chi connectivity index (χ3v) is 3.35. The van der Waals surface area contributed by atoms with Crippen molar-refractivity contribution >= 4 is 11.6 Å². The van der Waals surface area contributed by atoms with Crippen molar-refractivity contribution in [2.75, 3.05) is 31.9 Å². The maximum absolute atomic E-state index is 12.1. The molecule has 0 atom stereocenters. The molecule has 114 valence electrons. The van der Waals surface area contributed by atoms with Gasteiger partial charge < -0.3 is 16.0 Å². The molecule has 1 aromatic heterocycles. The van der Waals surface area contributed by atoms with E-state index >= 15 is 0 Å². The number of aryl methyl sites for hydroxylation is 1. The fourth-order valence-electron chi connectivity index (χ4n) is 2.16. The van der Waals surface area contributed by atoms with Crippen LogP contribution in [-0.2, 0) is 6.54 Å². The van der Waals surface area contributed by atoms with Crippen molar-refractivity contribution in [3.05, 3.63) is 11.9 Å². The number of aromatic nitrogens is 2. The van der Waals surface area contributed by atoms with E-state index in [1.807, 2.05) is 6.92 Å². The molecule has 0 aliphatic rings. The molecule has 0 aromatic carbocycles. The van der Waals surface area contributed by atoms with E-state index in [4.69, 9.17) is 5.73 Å². The Kier molecular flexibility index (Phi) is 7.08. The smallest absolute Gasteiger partial charge is 0.271 e. The number of amides is 1. The van der Waals surface area contributed by atoms with Gasteiger partial charge in [-0.1, -0.05) is 20.8 Å². The number of nitrogen functional groups attached to an aromatic ring is 1. The fraction of sp³-hybridized carbons (Fsp3) is 0.714. The molecule has 0 aliphatic carbocycles. The molecule has 3 N–H and O–H groups in total. The first-order valence-corrected chi connectivity index (χ1v) is 7.45. The van der Waals surface area contributed by atoms with Crippen molar-refractivity contribution in [1.82, 2.24) is 20.0 Å². The zero-order valence-corrected chi connectivity index (χ0v) is 12.9. The molecule has 0 spiro atoms. The predicted octanol–water partition coefficient (Wildman–Crippen LogP) is 1.34. The molecule has 1 aromatic rings. The monoisotopic (exact) mass is 281 g/mol. The summed E-state index contributed by atoms with van der Waals surface area (Å²) >= 11 is 0. The summed E-state index contributed by atoms with van der Waals surface area (Å²) in [5.41, 5.74) is 6.74. The maximum Gasteiger partial charge on any atom is 0.271 e. The van der Waals surface area contributed by atoms with Crippen LogP contribution in [0.15, 0.2) is 6.20 Å². The van der Waals surface area contributed by atoms with Crippen LogP contribution >= 0.6 is 0 Å². The third kappa shape index (κ3) is 4.52. The van der Waals surface area contributed by atoms with Gasteiger partial charge in [-0.05, 0) is 32.5 Å². The first kappa shape index (κ1) is 16.5. The first-order chi connectivity index (χ1) is 9.63. The van der Waals surface area contributed by atoms with Gasteiger partial charge in [-0.2, -0.15) is 5.10 Å². The van der Waals surface area contributed by atoms with Gasteiger partial charge in [0.05, 0.1) is 11.9 Å². The van der Waals surface area contributed by atoms with Crippen LogP contribution in [0.1, 0.15) is 44.1 Å². The lowest BCUT2D eigenvalue weighted by Gasteiger charge is -2.17. The molecule has 20 heavy (non-hydrogen) atoms. The highest BCUT2D eigenvalue weighted by Crippen LogP contribution is 2.11. The molecule has 0 saturated heterocycles. The van der Waals surface area contributed by atoms with Crippen LogP contribution in [0.2, 0.25) is 0 Å². The molecule has 0 aliphatic heterocycles. The summed E-state index contributed by atoms with van der Waals surface area (Å²) in [6.45, 7) is 10.8. The zero-order chi connectivity index (χ0) is 15.0. The second-order valence-corrected chi connectivity index (χ2v) is 4.81. The van der Waals surface area contributed by atoms with Gasteiger partial charge >= 0.3 is 0 Å². The second kappa shape index (κ2) is 8.58. The normalized spacial score (nSPS) is 11.0. The molecule has 0 fully saturated rings. The highest BCUT2D eigenvalue weighted by atomic mass is 16.2. The van der Waals surface area contributed by atoms with Gasteiger partial charge in [-0.3, -0.25) is 9.48 Å². The van der Waals surface area contributed by atoms with E-state index < -0.39 is 0 Å². The van der Waals surface area contributed by atoms with Crippen molar-refractivity contribution in [3.63, 3.8) is 0 Å². The standard InChI is InChI=1S/C14H27N5O/c1-4-9-19-13(12(15)11-17-19)14(20)16-8-7-10-18(5-2)6-3/h11H,4-10,15H2,1-3H3,(H,16,20). The van der Waals surface area contributed by atoms with Crippen molar-refractivity contribution in [2.45, 2.75) is 40.2 Å². The number of carbonyl (C=O) groups excluding carboxylic acids is 1. The Bertz CT molecular complexity index is 412. The predicted molar refractivity (Wildman–Crippen MR) is 81.7 cm³/mol. The molecule has 0 unspecified atom stereocenters. The van der Waals surface area contributed by atoms with Crippen molar-refractivity contribution in [1.29, 1.82) is 0 Å². The van der Waals surface area contributed by atoms with E-state index in [1.165, 1.54) is 0 Å². The van der Waals surface area contributed by atoms with E-state index in [2.05, 4.69) is 29.2 Å². The molecular formula is C14H27N5O. The van der Waals surface area contributed by atoms with Crippen molar-refractivity contribution in [2.24, 2.45) is 0 Å². The summed E-state index contributed by atoms with van der Waals surface area (Å²) in [4.78, 5) is 14.5. The number of nitrogens with two attached hydrogens (primary N) is 1. The summed E-state index contributed by atoms with van der Waals surface area (Å²) in [6, 6.07) is 0. The van der Waals surface area contributed by atoms with Gasteiger partial charge in [0.2, 0.25) is 0 Å². The zero-order valence-electron chi connectivity index (χ0n) is 12.9. The van der Waals surface area contributed by atoms with E-state index in [0.29, 0.717) is 24.5 Å². The number of nitrogens with zero attached hydrogens (tertiary/aromatic N) is 3. The molecule has 6 heteroatoms. The Morgan fingerprint density at radius 3 is 2.70 bits per heavy atom. The summed E-state index contributed by atoms with van der Waals surface area (Å²) in [6.07, 6.45) is 3.40. The fourth-order valence-corrected chi connectivity index (χ4v) is 2.16. The van der Waals surface area contributed by atoms with Gasteiger partial charge in [-0.15, -0.1) is 0 Å². The van der Waals surface area contributed by atoms with Gasteiger partial charge in [0.1, 0.15) is 5.69 Å². The maximum atomic E-state index is 12.1. The van der Waals surface area contributed by atoms with Gasteiger partial charge in [-0.25, -0.2) is 0 Å². The Hall–Kier alpha value is -1.56. The van der Waals surface area contributed by atoms with E-state index in [-0.39, 0.29) is 5.91 Å². The van der Waals surface area contributed by atoms with Crippen molar-refractivity contribution in [3.8, 4) is 0 Å². The topological polar surface area (TPSA) is 76.2 Å². The molecule has 0 radical (unpaired) electrons. The summed E-state index contributed by atoms with van der Waals surface area (Å²) in [5, 5.41) is 7.05. The highest BCUT2D eigenvalue weighted by Gasteiger charge is 2.15. The number of hydrogen-bond donors (Lipinski definition) is 2. The van der Waals surface area contributed by atoms with Crippen LogP contribution in [0.25, 0.3) is 0 Å². The molecule has 6 nitrogen and oxygen atoms in total. The van der Waals surface area contributed by atoms with E-state index in [0.717, 1.165) is 32.5 Å². The summed E-state index contributed by atoms with van der Waals surface area (Å²) in [7, 11) is 0. The third-order valence-electron chi connectivity index (χ3n) is 3.35. The molecule has 1 amide bonds. The number of rotatable bonds is 9. The van der Waals surface area contributed by atoms with Gasteiger partial charge in [0, 0.05) is 13.1 Å². The molecule has 1 heterocycles. The average Bonchev–Trinajstić information content (AvgIpc) is 2.80. The highest BCUT2D eigenvalue weighted by molar-refractivity contribution is 5.97. The van der Waals surface area contributed by atoms with Crippen LogP contribution < -0.4 is 11.1 Å². The summed E-state index contributed by atoms with van der Waals surface area (Å²) < 4.78 is 1.68. The lowest BCUT2D eigenvalue weighted by Crippen LogP contribution is -2.31.